The number of pyridine rings is 1. The molecule has 4 aromatic rings. The molecule has 0 fully saturated rings. The minimum Gasteiger partial charge on any atom is -0.343 e. The predicted octanol–water partition coefficient (Wildman–Crippen LogP) is 3.99. The van der Waals surface area contributed by atoms with E-state index in [4.69, 9.17) is 17.0 Å². The summed E-state index contributed by atoms with van der Waals surface area (Å²) in [7, 11) is 0. The Labute approximate surface area is 141 Å². The van der Waals surface area contributed by atoms with Crippen LogP contribution in [0.1, 0.15) is 5.56 Å². The highest BCUT2D eigenvalue weighted by Crippen LogP contribution is 2.32. The molecule has 0 radical (unpaired) electrons. The smallest absolute Gasteiger partial charge is 0.178 e. The molecule has 3 N–H and O–H groups in total. The SMILES string of the molecule is N=C(c1ccnc2nc[nH]c12)N(O)c1ccc(Cl)c2ccccc12. The number of aromatic amines is 1. The summed E-state index contributed by atoms with van der Waals surface area (Å²) in [6.45, 7) is 0. The number of hydrogen-bond donors (Lipinski definition) is 3. The highest BCUT2D eigenvalue weighted by Gasteiger charge is 2.18. The molecule has 118 valence electrons. The zero-order chi connectivity index (χ0) is 16.7. The Balaban J connectivity index is 1.85. The van der Waals surface area contributed by atoms with Crippen molar-refractivity contribution in [1.82, 2.24) is 15.0 Å². The molecule has 0 aliphatic heterocycles. The molecule has 0 bridgehead atoms. The molecule has 6 nitrogen and oxygen atoms in total. The second kappa shape index (κ2) is 5.59. The third-order valence-electron chi connectivity index (χ3n) is 3.87. The third kappa shape index (κ3) is 2.20. The standard InChI is InChI=1S/C17H12ClN5O/c18-13-5-6-14(11-4-2-1-3-10(11)13)23(24)16(19)12-7-8-20-17-15(12)21-9-22-17/h1-9,19,24H,(H,20,21,22). The second-order valence-electron chi connectivity index (χ2n) is 5.23. The number of imidazole rings is 1. The van der Waals surface area contributed by atoms with Gasteiger partial charge in [-0.1, -0.05) is 35.9 Å². The van der Waals surface area contributed by atoms with Crippen molar-refractivity contribution in [3.63, 3.8) is 0 Å². The maximum atomic E-state index is 10.6. The van der Waals surface area contributed by atoms with E-state index in [9.17, 15) is 5.21 Å². The number of anilines is 1. The number of aromatic nitrogens is 3. The predicted molar refractivity (Wildman–Crippen MR) is 93.9 cm³/mol. The molecule has 0 unspecified atom stereocenters. The Morgan fingerprint density at radius 1 is 1.08 bits per heavy atom. The fraction of sp³-hybridized carbons (Fsp3) is 0. The summed E-state index contributed by atoms with van der Waals surface area (Å²) in [4.78, 5) is 11.1. The summed E-state index contributed by atoms with van der Waals surface area (Å²) >= 11 is 6.22. The Hall–Kier alpha value is -2.96. The van der Waals surface area contributed by atoms with E-state index in [1.807, 2.05) is 24.3 Å². The first-order valence-electron chi connectivity index (χ1n) is 7.20. The zero-order valence-electron chi connectivity index (χ0n) is 12.4. The quantitative estimate of drug-likeness (QED) is 0.293. The van der Waals surface area contributed by atoms with Crippen LogP contribution in [0.2, 0.25) is 5.02 Å². The molecule has 7 heteroatoms. The Bertz CT molecular complexity index is 1070. The van der Waals surface area contributed by atoms with Gasteiger partial charge in [0.1, 0.15) is 0 Å². The molecule has 0 saturated heterocycles. The van der Waals surface area contributed by atoms with Crippen molar-refractivity contribution in [2.24, 2.45) is 0 Å². The lowest BCUT2D eigenvalue weighted by Gasteiger charge is -2.20. The van der Waals surface area contributed by atoms with E-state index < -0.39 is 0 Å². The van der Waals surface area contributed by atoms with Gasteiger partial charge < -0.3 is 4.98 Å². The average molecular weight is 338 g/mol. The van der Waals surface area contributed by atoms with Crippen LogP contribution in [0.4, 0.5) is 5.69 Å². The van der Waals surface area contributed by atoms with Crippen LogP contribution in [0.15, 0.2) is 55.0 Å². The van der Waals surface area contributed by atoms with Gasteiger partial charge in [0, 0.05) is 27.6 Å². The summed E-state index contributed by atoms with van der Waals surface area (Å²) in [5.74, 6) is -0.0841. The van der Waals surface area contributed by atoms with Crippen molar-refractivity contribution in [2.45, 2.75) is 0 Å². The fourth-order valence-electron chi connectivity index (χ4n) is 2.71. The first-order chi connectivity index (χ1) is 11.7. The second-order valence-corrected chi connectivity index (χ2v) is 5.64. The minimum absolute atomic E-state index is 0.0841. The van der Waals surface area contributed by atoms with Gasteiger partial charge in [-0.05, 0) is 18.2 Å². The molecule has 2 aromatic heterocycles. The lowest BCUT2D eigenvalue weighted by Crippen LogP contribution is -2.27. The number of rotatable bonds is 2. The van der Waals surface area contributed by atoms with Gasteiger partial charge in [0.05, 0.1) is 17.5 Å². The summed E-state index contributed by atoms with van der Waals surface area (Å²) in [5, 5.41) is 22.0. The van der Waals surface area contributed by atoms with Crippen LogP contribution in [-0.4, -0.2) is 26.0 Å². The molecule has 0 atom stereocenters. The van der Waals surface area contributed by atoms with Gasteiger partial charge in [-0.3, -0.25) is 10.6 Å². The van der Waals surface area contributed by atoms with Crippen LogP contribution in [0.25, 0.3) is 21.9 Å². The van der Waals surface area contributed by atoms with Crippen LogP contribution in [0, 0.1) is 5.41 Å². The normalized spacial score (nSPS) is 11.1. The molecule has 0 aliphatic carbocycles. The van der Waals surface area contributed by atoms with E-state index in [2.05, 4.69) is 15.0 Å². The summed E-state index contributed by atoms with van der Waals surface area (Å²) in [6, 6.07) is 12.5. The minimum atomic E-state index is -0.0841. The van der Waals surface area contributed by atoms with Crippen molar-refractivity contribution in [3.05, 3.63) is 65.6 Å². The molecule has 0 spiro atoms. The first-order valence-corrected chi connectivity index (χ1v) is 7.58. The Kier molecular flexibility index (Phi) is 3.41. The number of nitrogens with one attached hydrogen (secondary N) is 2. The number of nitrogens with zero attached hydrogens (tertiary/aromatic N) is 3. The van der Waals surface area contributed by atoms with Crippen molar-refractivity contribution >= 4 is 45.1 Å². The zero-order valence-corrected chi connectivity index (χ0v) is 13.1. The van der Waals surface area contributed by atoms with E-state index in [-0.39, 0.29) is 5.84 Å². The highest BCUT2D eigenvalue weighted by molar-refractivity contribution is 6.36. The molecule has 2 heterocycles. The van der Waals surface area contributed by atoms with E-state index in [0.29, 0.717) is 27.4 Å². The lowest BCUT2D eigenvalue weighted by atomic mass is 10.1. The number of halogens is 1. The van der Waals surface area contributed by atoms with Gasteiger partial charge in [-0.25, -0.2) is 15.0 Å². The molecule has 4 rings (SSSR count). The highest BCUT2D eigenvalue weighted by atomic mass is 35.5. The summed E-state index contributed by atoms with van der Waals surface area (Å²) in [5.41, 5.74) is 2.06. The van der Waals surface area contributed by atoms with Crippen LogP contribution >= 0.6 is 11.6 Å². The number of fused-ring (bicyclic) bond motifs is 2. The van der Waals surface area contributed by atoms with Crippen LogP contribution in [-0.2, 0) is 0 Å². The van der Waals surface area contributed by atoms with E-state index >= 15 is 0 Å². The van der Waals surface area contributed by atoms with E-state index in [1.54, 1.807) is 24.4 Å². The fourth-order valence-corrected chi connectivity index (χ4v) is 2.94. The molecule has 24 heavy (non-hydrogen) atoms. The first kappa shape index (κ1) is 14.6. The van der Waals surface area contributed by atoms with Crippen molar-refractivity contribution in [1.29, 1.82) is 5.41 Å². The Morgan fingerprint density at radius 3 is 2.71 bits per heavy atom. The Morgan fingerprint density at radius 2 is 1.88 bits per heavy atom. The number of H-pyrrole nitrogens is 1. The largest absolute Gasteiger partial charge is 0.343 e. The number of hydroxylamine groups is 1. The van der Waals surface area contributed by atoms with Crippen molar-refractivity contribution in [3.8, 4) is 0 Å². The topological polar surface area (TPSA) is 88.9 Å². The van der Waals surface area contributed by atoms with Gasteiger partial charge in [0.2, 0.25) is 0 Å². The van der Waals surface area contributed by atoms with E-state index in [1.165, 1.54) is 6.33 Å². The van der Waals surface area contributed by atoms with Gasteiger partial charge in [-0.15, -0.1) is 0 Å². The molecule has 2 aromatic carbocycles. The lowest BCUT2D eigenvalue weighted by molar-refractivity contribution is 0.313. The maximum absolute atomic E-state index is 10.6. The van der Waals surface area contributed by atoms with Crippen LogP contribution < -0.4 is 5.06 Å². The number of benzene rings is 2. The van der Waals surface area contributed by atoms with Gasteiger partial charge in [0.15, 0.2) is 11.5 Å². The molecule has 0 saturated carbocycles. The third-order valence-corrected chi connectivity index (χ3v) is 4.20. The monoisotopic (exact) mass is 337 g/mol. The molecule has 0 amide bonds. The van der Waals surface area contributed by atoms with Crippen molar-refractivity contribution < 1.29 is 5.21 Å². The van der Waals surface area contributed by atoms with Gasteiger partial charge in [0.25, 0.3) is 0 Å². The van der Waals surface area contributed by atoms with Gasteiger partial charge in [-0.2, -0.15) is 0 Å². The number of hydrogen-bond acceptors (Lipinski definition) is 4. The van der Waals surface area contributed by atoms with Gasteiger partial charge >= 0.3 is 0 Å². The maximum Gasteiger partial charge on any atom is 0.178 e. The number of amidine groups is 1. The van der Waals surface area contributed by atoms with E-state index in [0.717, 1.165) is 15.8 Å². The van der Waals surface area contributed by atoms with Crippen molar-refractivity contribution in [2.75, 3.05) is 5.06 Å². The molecular formula is C17H12ClN5O. The average Bonchev–Trinajstić information content (AvgIpc) is 3.10. The molecule has 0 aliphatic rings. The van der Waals surface area contributed by atoms with Crippen LogP contribution in [0.3, 0.4) is 0 Å². The summed E-state index contributed by atoms with van der Waals surface area (Å²) in [6.07, 6.45) is 3.06. The summed E-state index contributed by atoms with van der Waals surface area (Å²) < 4.78 is 0. The van der Waals surface area contributed by atoms with Crippen LogP contribution in [0.5, 0.6) is 0 Å². The molecular weight excluding hydrogens is 326 g/mol.